The molecule has 27 heavy (non-hydrogen) atoms. The van der Waals surface area contributed by atoms with Gasteiger partial charge in [-0.25, -0.2) is 0 Å². The minimum absolute atomic E-state index is 0.115. The van der Waals surface area contributed by atoms with Gasteiger partial charge in [-0.1, -0.05) is 6.07 Å². The maximum absolute atomic E-state index is 12.8. The molecule has 0 aromatic heterocycles. The van der Waals surface area contributed by atoms with E-state index in [1.54, 1.807) is 12.1 Å². The number of hydrogen-bond donors (Lipinski definition) is 2. The lowest BCUT2D eigenvalue weighted by atomic mass is 10.0. The Hall–Kier alpha value is -2.58. The van der Waals surface area contributed by atoms with Crippen LogP contribution in [0.2, 0.25) is 0 Å². The Kier molecular flexibility index (Phi) is 4.53. The van der Waals surface area contributed by atoms with E-state index in [0.717, 1.165) is 36.4 Å². The fourth-order valence-corrected chi connectivity index (χ4v) is 4.11. The van der Waals surface area contributed by atoms with Crippen LogP contribution in [0, 0.1) is 0 Å². The molecule has 0 saturated carbocycles. The number of nitrogens with two attached hydrogens (primary N) is 1. The van der Waals surface area contributed by atoms with E-state index in [-0.39, 0.29) is 24.8 Å². The summed E-state index contributed by atoms with van der Waals surface area (Å²) in [5.41, 5.74) is 7.59. The monoisotopic (exact) mass is 370 g/mol. The number of benzene rings is 1. The molecule has 2 fully saturated rings. The number of piperidine rings is 2. The molecule has 3 aliphatic heterocycles. The Morgan fingerprint density at radius 3 is 2.59 bits per heavy atom. The SMILES string of the molecule is N[C@H]1CCCN(Cc2ccc3c(c2)C(=O)N(C2CCC(=O)NC2=O)C3=O)C1. The van der Waals surface area contributed by atoms with Crippen LogP contribution in [0.3, 0.4) is 0 Å². The lowest BCUT2D eigenvalue weighted by Gasteiger charge is -2.30. The molecule has 0 spiro atoms. The largest absolute Gasteiger partial charge is 0.327 e. The lowest BCUT2D eigenvalue weighted by Crippen LogP contribution is -2.54. The molecule has 142 valence electrons. The van der Waals surface area contributed by atoms with Crippen LogP contribution in [-0.4, -0.2) is 58.6 Å². The van der Waals surface area contributed by atoms with Gasteiger partial charge < -0.3 is 5.73 Å². The van der Waals surface area contributed by atoms with Gasteiger partial charge in [-0.15, -0.1) is 0 Å². The second-order valence-corrected chi connectivity index (χ2v) is 7.46. The molecule has 2 saturated heterocycles. The smallest absolute Gasteiger partial charge is 0.262 e. The fraction of sp³-hybridized carbons (Fsp3) is 0.474. The zero-order valence-electron chi connectivity index (χ0n) is 14.9. The van der Waals surface area contributed by atoms with E-state index in [4.69, 9.17) is 5.73 Å². The van der Waals surface area contributed by atoms with Crippen LogP contribution in [0.25, 0.3) is 0 Å². The van der Waals surface area contributed by atoms with Crippen molar-refractivity contribution in [2.45, 2.75) is 44.3 Å². The highest BCUT2D eigenvalue weighted by molar-refractivity contribution is 6.23. The summed E-state index contributed by atoms with van der Waals surface area (Å²) in [7, 11) is 0. The first kappa shape index (κ1) is 17.8. The molecule has 0 bridgehead atoms. The number of hydrogen-bond acceptors (Lipinski definition) is 6. The number of nitrogens with zero attached hydrogens (tertiary/aromatic N) is 2. The zero-order chi connectivity index (χ0) is 19.1. The molecule has 3 N–H and O–H groups in total. The molecule has 1 aromatic rings. The highest BCUT2D eigenvalue weighted by atomic mass is 16.2. The standard InChI is InChI=1S/C19H22N4O4/c20-12-2-1-7-22(10-12)9-11-3-4-13-14(8-11)19(27)23(18(13)26)15-5-6-16(24)21-17(15)25/h3-4,8,12,15H,1-2,5-7,9-10,20H2,(H,21,24,25)/t12-,15?/m0/s1. The van der Waals surface area contributed by atoms with Gasteiger partial charge in [0.25, 0.3) is 11.8 Å². The van der Waals surface area contributed by atoms with Gasteiger partial charge in [0.1, 0.15) is 6.04 Å². The van der Waals surface area contributed by atoms with Gasteiger partial charge in [-0.2, -0.15) is 0 Å². The van der Waals surface area contributed by atoms with Gasteiger partial charge in [0, 0.05) is 25.6 Å². The normalized spacial score (nSPS) is 26.3. The molecule has 3 heterocycles. The topological polar surface area (TPSA) is 113 Å². The Balaban J connectivity index is 1.54. The molecule has 0 radical (unpaired) electrons. The molecule has 4 amide bonds. The summed E-state index contributed by atoms with van der Waals surface area (Å²) in [6, 6.07) is 4.47. The number of imide groups is 2. The first-order valence-electron chi connectivity index (χ1n) is 9.26. The molecule has 1 aromatic carbocycles. The Morgan fingerprint density at radius 1 is 1.07 bits per heavy atom. The summed E-state index contributed by atoms with van der Waals surface area (Å²) in [6.07, 6.45) is 2.35. The number of rotatable bonds is 3. The van der Waals surface area contributed by atoms with Crippen LogP contribution in [0.5, 0.6) is 0 Å². The highest BCUT2D eigenvalue weighted by Gasteiger charge is 2.44. The third-order valence-electron chi connectivity index (χ3n) is 5.45. The van der Waals surface area contributed by atoms with Crippen molar-refractivity contribution in [1.29, 1.82) is 0 Å². The number of amides is 4. The molecule has 8 heteroatoms. The maximum atomic E-state index is 12.8. The quantitative estimate of drug-likeness (QED) is 0.725. The predicted molar refractivity (Wildman–Crippen MR) is 95.6 cm³/mol. The van der Waals surface area contributed by atoms with Crippen LogP contribution < -0.4 is 11.1 Å². The first-order valence-corrected chi connectivity index (χ1v) is 9.26. The van der Waals surface area contributed by atoms with Crippen molar-refractivity contribution >= 4 is 23.6 Å². The average molecular weight is 370 g/mol. The number of fused-ring (bicyclic) bond motifs is 1. The molecular formula is C19H22N4O4. The van der Waals surface area contributed by atoms with Crippen LogP contribution in [0.1, 0.15) is 52.0 Å². The van der Waals surface area contributed by atoms with Gasteiger partial charge >= 0.3 is 0 Å². The van der Waals surface area contributed by atoms with E-state index >= 15 is 0 Å². The minimum atomic E-state index is -0.932. The number of carbonyl (C=O) groups excluding carboxylic acids is 4. The average Bonchev–Trinajstić information content (AvgIpc) is 2.86. The predicted octanol–water partition coefficient (Wildman–Crippen LogP) is 0.0109. The minimum Gasteiger partial charge on any atom is -0.327 e. The van der Waals surface area contributed by atoms with Gasteiger partial charge in [-0.3, -0.25) is 34.3 Å². The maximum Gasteiger partial charge on any atom is 0.262 e. The summed E-state index contributed by atoms with van der Waals surface area (Å²) in [4.78, 5) is 52.2. The third-order valence-corrected chi connectivity index (χ3v) is 5.45. The van der Waals surface area contributed by atoms with E-state index in [1.165, 1.54) is 0 Å². The Labute approximate surface area is 156 Å². The van der Waals surface area contributed by atoms with E-state index in [1.807, 2.05) is 6.07 Å². The van der Waals surface area contributed by atoms with E-state index in [2.05, 4.69) is 10.2 Å². The summed E-state index contributed by atoms with van der Waals surface area (Å²) in [5, 5.41) is 2.20. The highest BCUT2D eigenvalue weighted by Crippen LogP contribution is 2.28. The zero-order valence-corrected chi connectivity index (χ0v) is 14.9. The van der Waals surface area contributed by atoms with Crippen molar-refractivity contribution in [2.75, 3.05) is 13.1 Å². The van der Waals surface area contributed by atoms with Crippen molar-refractivity contribution in [3.05, 3.63) is 34.9 Å². The van der Waals surface area contributed by atoms with Crippen LogP contribution >= 0.6 is 0 Å². The van der Waals surface area contributed by atoms with Crippen molar-refractivity contribution in [3.63, 3.8) is 0 Å². The van der Waals surface area contributed by atoms with Crippen molar-refractivity contribution in [2.24, 2.45) is 5.73 Å². The van der Waals surface area contributed by atoms with Crippen LogP contribution in [0.4, 0.5) is 0 Å². The van der Waals surface area contributed by atoms with Gasteiger partial charge in [0.2, 0.25) is 11.8 Å². The summed E-state index contributed by atoms with van der Waals surface area (Å²) < 4.78 is 0. The molecule has 1 unspecified atom stereocenters. The molecular weight excluding hydrogens is 348 g/mol. The van der Waals surface area contributed by atoms with Gasteiger partial charge in [-0.05, 0) is 43.5 Å². The van der Waals surface area contributed by atoms with E-state index < -0.39 is 23.8 Å². The molecule has 4 rings (SSSR count). The van der Waals surface area contributed by atoms with Crippen LogP contribution in [-0.2, 0) is 16.1 Å². The molecule has 8 nitrogen and oxygen atoms in total. The van der Waals surface area contributed by atoms with Gasteiger partial charge in [0.05, 0.1) is 11.1 Å². The first-order chi connectivity index (χ1) is 12.9. The summed E-state index contributed by atoms with van der Waals surface area (Å²) in [6.45, 7) is 2.44. The van der Waals surface area contributed by atoms with Crippen molar-refractivity contribution < 1.29 is 19.2 Å². The lowest BCUT2D eigenvalue weighted by molar-refractivity contribution is -0.136. The molecule has 2 atom stereocenters. The van der Waals surface area contributed by atoms with Crippen molar-refractivity contribution in [3.8, 4) is 0 Å². The molecule has 0 aliphatic carbocycles. The van der Waals surface area contributed by atoms with Crippen LogP contribution in [0.15, 0.2) is 18.2 Å². The Bertz CT molecular complexity index is 837. The number of likely N-dealkylation sites (tertiary alicyclic amines) is 1. The second-order valence-electron chi connectivity index (χ2n) is 7.46. The molecule has 3 aliphatic rings. The third kappa shape index (κ3) is 3.26. The van der Waals surface area contributed by atoms with Gasteiger partial charge in [0.15, 0.2) is 0 Å². The summed E-state index contributed by atoms with van der Waals surface area (Å²) in [5.74, 6) is -1.92. The fourth-order valence-electron chi connectivity index (χ4n) is 4.11. The second kappa shape index (κ2) is 6.86. The summed E-state index contributed by atoms with van der Waals surface area (Å²) >= 11 is 0. The Morgan fingerprint density at radius 2 is 1.85 bits per heavy atom. The van der Waals surface area contributed by atoms with E-state index in [9.17, 15) is 19.2 Å². The number of carbonyl (C=O) groups is 4. The van der Waals surface area contributed by atoms with Crippen molar-refractivity contribution in [1.82, 2.24) is 15.1 Å². The number of nitrogens with one attached hydrogen (secondary N) is 1. The van der Waals surface area contributed by atoms with E-state index in [0.29, 0.717) is 17.7 Å².